The van der Waals surface area contributed by atoms with Crippen LogP contribution in [-0.2, 0) is 4.74 Å². The Morgan fingerprint density at radius 1 is 1.80 bits per heavy atom. The Morgan fingerprint density at radius 3 is 2.90 bits per heavy atom. The SMILES string of the molecule is COC1(N)C=CNC(=O)N1. The minimum absolute atomic E-state index is 0.369. The van der Waals surface area contributed by atoms with Gasteiger partial charge in [0.05, 0.1) is 0 Å². The van der Waals surface area contributed by atoms with Gasteiger partial charge in [-0.05, 0) is 6.08 Å². The zero-order valence-corrected chi connectivity index (χ0v) is 5.55. The molecule has 1 aliphatic heterocycles. The summed E-state index contributed by atoms with van der Waals surface area (Å²) in [5, 5.41) is 4.74. The van der Waals surface area contributed by atoms with Crippen molar-refractivity contribution in [2.75, 3.05) is 7.11 Å². The van der Waals surface area contributed by atoms with Crippen LogP contribution < -0.4 is 16.4 Å². The summed E-state index contributed by atoms with van der Waals surface area (Å²) in [4.78, 5) is 10.6. The average Bonchev–Trinajstić information content (AvgIpc) is 1.88. The van der Waals surface area contributed by atoms with Gasteiger partial charge in [0.25, 0.3) is 0 Å². The van der Waals surface area contributed by atoms with Gasteiger partial charge in [-0.15, -0.1) is 0 Å². The molecule has 1 atom stereocenters. The maximum Gasteiger partial charge on any atom is 0.322 e. The van der Waals surface area contributed by atoms with Crippen molar-refractivity contribution in [1.82, 2.24) is 10.6 Å². The molecule has 1 aliphatic rings. The fourth-order valence-electron chi connectivity index (χ4n) is 0.615. The van der Waals surface area contributed by atoms with Crippen molar-refractivity contribution in [1.29, 1.82) is 0 Å². The molecule has 0 radical (unpaired) electrons. The topological polar surface area (TPSA) is 76.4 Å². The Labute approximate surface area is 58.2 Å². The van der Waals surface area contributed by atoms with E-state index in [1.54, 1.807) is 0 Å². The summed E-state index contributed by atoms with van der Waals surface area (Å²) in [7, 11) is 1.41. The van der Waals surface area contributed by atoms with Crippen molar-refractivity contribution in [3.8, 4) is 0 Å². The maximum atomic E-state index is 10.6. The van der Waals surface area contributed by atoms with Gasteiger partial charge in [0, 0.05) is 13.3 Å². The van der Waals surface area contributed by atoms with E-state index in [1.807, 2.05) is 0 Å². The average molecular weight is 143 g/mol. The molecule has 0 aliphatic carbocycles. The van der Waals surface area contributed by atoms with E-state index in [0.717, 1.165) is 0 Å². The summed E-state index contributed by atoms with van der Waals surface area (Å²) in [6, 6.07) is -0.369. The fraction of sp³-hybridized carbons (Fsp3) is 0.400. The van der Waals surface area contributed by atoms with Crippen LogP contribution in [0.1, 0.15) is 0 Å². The van der Waals surface area contributed by atoms with Gasteiger partial charge in [0.15, 0.2) is 0 Å². The molecular formula is C5H9N3O2. The van der Waals surface area contributed by atoms with E-state index >= 15 is 0 Å². The molecule has 4 N–H and O–H groups in total. The third-order valence-electron chi connectivity index (χ3n) is 1.19. The molecule has 0 fully saturated rings. The normalized spacial score (nSPS) is 31.2. The number of urea groups is 1. The Morgan fingerprint density at radius 2 is 2.50 bits per heavy atom. The van der Waals surface area contributed by atoms with E-state index in [-0.39, 0.29) is 6.03 Å². The highest BCUT2D eigenvalue weighted by atomic mass is 16.5. The van der Waals surface area contributed by atoms with Gasteiger partial charge in [0.1, 0.15) is 0 Å². The van der Waals surface area contributed by atoms with Crippen molar-refractivity contribution in [2.45, 2.75) is 5.85 Å². The Balaban J connectivity index is 2.71. The van der Waals surface area contributed by atoms with Crippen molar-refractivity contribution < 1.29 is 9.53 Å². The van der Waals surface area contributed by atoms with Gasteiger partial charge in [-0.1, -0.05) is 0 Å². The molecule has 1 rings (SSSR count). The van der Waals surface area contributed by atoms with Crippen LogP contribution in [0.25, 0.3) is 0 Å². The number of hydrogen-bond donors (Lipinski definition) is 3. The van der Waals surface area contributed by atoms with Crippen molar-refractivity contribution >= 4 is 6.03 Å². The van der Waals surface area contributed by atoms with Crippen molar-refractivity contribution in [3.05, 3.63) is 12.3 Å². The smallest absolute Gasteiger partial charge is 0.322 e. The zero-order valence-electron chi connectivity index (χ0n) is 5.55. The molecule has 0 saturated carbocycles. The predicted octanol–water partition coefficient (Wildman–Crippen LogP) is -0.928. The van der Waals surface area contributed by atoms with Crippen LogP contribution in [0.2, 0.25) is 0 Å². The Bertz CT molecular complexity index is 180. The van der Waals surface area contributed by atoms with Crippen LogP contribution >= 0.6 is 0 Å². The molecular weight excluding hydrogens is 134 g/mol. The van der Waals surface area contributed by atoms with Crippen LogP contribution in [0.15, 0.2) is 12.3 Å². The number of hydrogen-bond acceptors (Lipinski definition) is 3. The number of carbonyl (C=O) groups is 1. The number of nitrogens with two attached hydrogens (primary N) is 1. The summed E-state index contributed by atoms with van der Waals surface area (Å²) < 4.78 is 4.77. The number of nitrogens with one attached hydrogen (secondary N) is 2. The first-order valence-corrected chi connectivity index (χ1v) is 2.77. The molecule has 1 unspecified atom stereocenters. The maximum absolute atomic E-state index is 10.6. The molecule has 5 heteroatoms. The molecule has 2 amide bonds. The number of carbonyl (C=O) groups excluding carboxylic acids is 1. The lowest BCUT2D eigenvalue weighted by Crippen LogP contribution is -2.60. The summed E-state index contributed by atoms with van der Waals surface area (Å²) in [6.07, 6.45) is 2.94. The lowest BCUT2D eigenvalue weighted by Gasteiger charge is -2.27. The van der Waals surface area contributed by atoms with Crippen LogP contribution in [-0.4, -0.2) is 19.0 Å². The molecule has 0 aromatic heterocycles. The first-order valence-electron chi connectivity index (χ1n) is 2.77. The molecule has 5 nitrogen and oxygen atoms in total. The summed E-state index contributed by atoms with van der Waals surface area (Å²) in [5.74, 6) is -1.15. The predicted molar refractivity (Wildman–Crippen MR) is 34.7 cm³/mol. The first kappa shape index (κ1) is 7.04. The molecule has 0 aromatic carbocycles. The molecule has 0 saturated heterocycles. The first-order chi connectivity index (χ1) is 4.66. The molecule has 0 aromatic rings. The quantitative estimate of drug-likeness (QED) is 0.415. The van der Waals surface area contributed by atoms with Crippen LogP contribution in [0.3, 0.4) is 0 Å². The standard InChI is InChI=1S/C5H9N3O2/c1-10-5(6)2-3-7-4(9)8-5/h2-3H,6H2,1H3,(H2,7,8,9). The largest absolute Gasteiger partial charge is 0.343 e. The van der Waals surface area contributed by atoms with E-state index < -0.39 is 5.85 Å². The molecule has 1 heterocycles. The van der Waals surface area contributed by atoms with E-state index in [2.05, 4.69) is 10.6 Å². The summed E-state index contributed by atoms with van der Waals surface area (Å²) in [5.41, 5.74) is 5.47. The van der Waals surface area contributed by atoms with Crippen molar-refractivity contribution in [3.63, 3.8) is 0 Å². The van der Waals surface area contributed by atoms with Crippen LogP contribution in [0.4, 0.5) is 4.79 Å². The second kappa shape index (κ2) is 2.28. The Kier molecular flexibility index (Phi) is 1.60. The van der Waals surface area contributed by atoms with Gasteiger partial charge >= 0.3 is 6.03 Å². The molecule has 0 bridgehead atoms. The highest BCUT2D eigenvalue weighted by Gasteiger charge is 2.25. The lowest BCUT2D eigenvalue weighted by atomic mass is 10.3. The van der Waals surface area contributed by atoms with Gasteiger partial charge in [-0.2, -0.15) is 0 Å². The summed E-state index contributed by atoms with van der Waals surface area (Å²) >= 11 is 0. The van der Waals surface area contributed by atoms with Crippen LogP contribution in [0, 0.1) is 0 Å². The van der Waals surface area contributed by atoms with Gasteiger partial charge < -0.3 is 10.1 Å². The molecule has 10 heavy (non-hydrogen) atoms. The number of ether oxygens (including phenoxy) is 1. The fourth-order valence-corrected chi connectivity index (χ4v) is 0.615. The Hall–Kier alpha value is -1.07. The van der Waals surface area contributed by atoms with E-state index in [0.29, 0.717) is 0 Å². The zero-order chi connectivity index (χ0) is 7.61. The van der Waals surface area contributed by atoms with E-state index in [1.165, 1.54) is 19.4 Å². The third kappa shape index (κ3) is 1.26. The minimum Gasteiger partial charge on any atom is -0.343 e. The van der Waals surface area contributed by atoms with Gasteiger partial charge in [-0.25, -0.2) is 4.79 Å². The van der Waals surface area contributed by atoms with E-state index in [4.69, 9.17) is 10.5 Å². The summed E-state index contributed by atoms with van der Waals surface area (Å²) in [6.45, 7) is 0. The monoisotopic (exact) mass is 143 g/mol. The molecule has 56 valence electrons. The number of methoxy groups -OCH3 is 1. The molecule has 0 spiro atoms. The van der Waals surface area contributed by atoms with E-state index in [9.17, 15) is 4.79 Å². The second-order valence-electron chi connectivity index (χ2n) is 1.93. The van der Waals surface area contributed by atoms with Crippen LogP contribution in [0.5, 0.6) is 0 Å². The van der Waals surface area contributed by atoms with Gasteiger partial charge in [-0.3, -0.25) is 11.1 Å². The number of amides is 2. The van der Waals surface area contributed by atoms with Gasteiger partial charge in [0.2, 0.25) is 5.85 Å². The van der Waals surface area contributed by atoms with Crippen molar-refractivity contribution in [2.24, 2.45) is 5.73 Å². The number of rotatable bonds is 1. The highest BCUT2D eigenvalue weighted by Crippen LogP contribution is 2.00. The minimum atomic E-state index is -1.15. The lowest BCUT2D eigenvalue weighted by molar-refractivity contribution is 0.0153. The highest BCUT2D eigenvalue weighted by molar-refractivity contribution is 5.77. The second-order valence-corrected chi connectivity index (χ2v) is 1.93. The third-order valence-corrected chi connectivity index (χ3v) is 1.19.